The van der Waals surface area contributed by atoms with Gasteiger partial charge in [0, 0.05) is 22.4 Å². The maximum absolute atomic E-state index is 9.91. The Balaban J connectivity index is 2.46. The molecule has 1 aromatic carbocycles. The average Bonchev–Trinajstić information content (AvgIpc) is 2.74. The maximum Gasteiger partial charge on any atom is 0.106 e. The molecule has 0 aliphatic heterocycles. The number of aromatic amines is 1. The quantitative estimate of drug-likeness (QED) is 0.747. The van der Waals surface area contributed by atoms with Gasteiger partial charge in [-0.15, -0.1) is 0 Å². The molecule has 2 atom stereocenters. The zero-order valence-corrected chi connectivity index (χ0v) is 9.61. The normalized spacial score (nSPS) is 15.4. The molecule has 3 N–H and O–H groups in total. The van der Waals surface area contributed by atoms with E-state index in [1.807, 2.05) is 30.5 Å². The molecule has 4 heteroatoms. The maximum atomic E-state index is 9.91. The van der Waals surface area contributed by atoms with Crippen LogP contribution >= 0.6 is 15.9 Å². The summed E-state index contributed by atoms with van der Waals surface area (Å²) >= 11 is 3.15. The number of alkyl halides is 1. The van der Waals surface area contributed by atoms with Crippen LogP contribution in [0.1, 0.15) is 11.7 Å². The SMILES string of the molecule is OC(CBr)C(O)c1cccc2[nH]ccc12. The van der Waals surface area contributed by atoms with Gasteiger partial charge in [0.05, 0.1) is 6.10 Å². The molecule has 0 aliphatic carbocycles. The van der Waals surface area contributed by atoms with E-state index in [-0.39, 0.29) is 0 Å². The van der Waals surface area contributed by atoms with Crippen molar-refractivity contribution >= 4 is 26.8 Å². The molecule has 0 radical (unpaired) electrons. The molecule has 1 aromatic heterocycles. The second-order valence-corrected chi connectivity index (χ2v) is 4.10. The van der Waals surface area contributed by atoms with Crippen LogP contribution in [0.3, 0.4) is 0 Å². The van der Waals surface area contributed by atoms with Crippen LogP contribution in [0.25, 0.3) is 10.9 Å². The van der Waals surface area contributed by atoms with Crippen molar-refractivity contribution in [3.05, 3.63) is 36.0 Å². The van der Waals surface area contributed by atoms with Crippen molar-refractivity contribution in [2.24, 2.45) is 0 Å². The standard InChI is InChI=1S/C11H12BrNO2/c12-6-10(14)11(15)8-2-1-3-9-7(8)4-5-13-9/h1-5,10-11,13-15H,6H2. The average molecular weight is 270 g/mol. The zero-order valence-electron chi connectivity index (χ0n) is 8.02. The molecule has 80 valence electrons. The van der Waals surface area contributed by atoms with Gasteiger partial charge >= 0.3 is 0 Å². The Morgan fingerprint density at radius 2 is 2.07 bits per heavy atom. The molecule has 2 unspecified atom stereocenters. The molecule has 0 aliphatic rings. The smallest absolute Gasteiger partial charge is 0.106 e. The number of aliphatic hydroxyl groups is 2. The molecule has 3 nitrogen and oxygen atoms in total. The molecule has 2 rings (SSSR count). The van der Waals surface area contributed by atoms with Crippen molar-refractivity contribution < 1.29 is 10.2 Å². The van der Waals surface area contributed by atoms with E-state index in [9.17, 15) is 10.2 Å². The van der Waals surface area contributed by atoms with E-state index in [0.29, 0.717) is 5.33 Å². The fourth-order valence-corrected chi connectivity index (χ4v) is 2.01. The summed E-state index contributed by atoms with van der Waals surface area (Å²) in [5.74, 6) is 0. The van der Waals surface area contributed by atoms with Crippen molar-refractivity contribution in [1.29, 1.82) is 0 Å². The summed E-state index contributed by atoms with van der Waals surface area (Å²) in [7, 11) is 0. The number of fused-ring (bicyclic) bond motifs is 1. The Kier molecular flexibility index (Phi) is 3.09. The van der Waals surface area contributed by atoms with Gasteiger partial charge in [-0.25, -0.2) is 0 Å². The number of benzene rings is 1. The molecular weight excluding hydrogens is 258 g/mol. The fourth-order valence-electron chi connectivity index (χ4n) is 1.66. The number of hydrogen-bond donors (Lipinski definition) is 3. The first-order valence-corrected chi connectivity index (χ1v) is 5.84. The number of nitrogens with one attached hydrogen (secondary N) is 1. The summed E-state index contributed by atoms with van der Waals surface area (Å²) in [6.07, 6.45) is 0.177. The minimum atomic E-state index is -0.858. The lowest BCUT2D eigenvalue weighted by Crippen LogP contribution is -2.19. The van der Waals surface area contributed by atoms with Gasteiger partial charge in [0.15, 0.2) is 0 Å². The summed E-state index contributed by atoms with van der Waals surface area (Å²) in [4.78, 5) is 3.07. The van der Waals surface area contributed by atoms with Crippen molar-refractivity contribution in [2.75, 3.05) is 5.33 Å². The summed E-state index contributed by atoms with van der Waals surface area (Å²) < 4.78 is 0. The van der Waals surface area contributed by atoms with E-state index >= 15 is 0 Å². The number of halogens is 1. The van der Waals surface area contributed by atoms with E-state index in [1.54, 1.807) is 0 Å². The lowest BCUT2D eigenvalue weighted by molar-refractivity contribution is 0.0352. The van der Waals surface area contributed by atoms with Crippen molar-refractivity contribution in [1.82, 2.24) is 4.98 Å². The van der Waals surface area contributed by atoms with Gasteiger partial charge in [0.2, 0.25) is 0 Å². The van der Waals surface area contributed by atoms with E-state index in [4.69, 9.17) is 0 Å². The Labute approximate surface area is 95.9 Å². The molecule has 0 fully saturated rings. The second-order valence-electron chi connectivity index (χ2n) is 3.45. The molecule has 1 heterocycles. The minimum absolute atomic E-state index is 0.356. The third kappa shape index (κ3) is 1.93. The molecule has 15 heavy (non-hydrogen) atoms. The van der Waals surface area contributed by atoms with Gasteiger partial charge in [-0.05, 0) is 17.7 Å². The molecule has 0 saturated heterocycles. The van der Waals surface area contributed by atoms with Crippen LogP contribution < -0.4 is 0 Å². The van der Waals surface area contributed by atoms with Gasteiger partial charge in [-0.1, -0.05) is 28.1 Å². The first-order chi connectivity index (χ1) is 7.24. The largest absolute Gasteiger partial charge is 0.389 e. The topological polar surface area (TPSA) is 56.2 Å². The first-order valence-electron chi connectivity index (χ1n) is 4.72. The number of hydrogen-bond acceptors (Lipinski definition) is 2. The third-order valence-corrected chi connectivity index (χ3v) is 3.13. The first kappa shape index (κ1) is 10.7. The van der Waals surface area contributed by atoms with Crippen molar-refractivity contribution in [2.45, 2.75) is 12.2 Å². The van der Waals surface area contributed by atoms with Gasteiger partial charge in [-0.3, -0.25) is 0 Å². The van der Waals surface area contributed by atoms with E-state index in [0.717, 1.165) is 16.5 Å². The second kappa shape index (κ2) is 4.35. The fraction of sp³-hybridized carbons (Fsp3) is 0.273. The van der Waals surface area contributed by atoms with Gasteiger partial charge in [0.1, 0.15) is 6.10 Å². The molecule has 0 spiro atoms. The van der Waals surface area contributed by atoms with Crippen LogP contribution in [0.5, 0.6) is 0 Å². The van der Waals surface area contributed by atoms with Crippen molar-refractivity contribution in [3.63, 3.8) is 0 Å². The van der Waals surface area contributed by atoms with E-state index in [1.165, 1.54) is 0 Å². The van der Waals surface area contributed by atoms with Crippen molar-refractivity contribution in [3.8, 4) is 0 Å². The highest BCUT2D eigenvalue weighted by Gasteiger charge is 2.19. The molecule has 2 aromatic rings. The number of aromatic nitrogens is 1. The van der Waals surface area contributed by atoms with Crippen LogP contribution in [0.15, 0.2) is 30.5 Å². The van der Waals surface area contributed by atoms with E-state index in [2.05, 4.69) is 20.9 Å². The third-order valence-electron chi connectivity index (χ3n) is 2.47. The minimum Gasteiger partial charge on any atom is -0.389 e. The number of rotatable bonds is 3. The lowest BCUT2D eigenvalue weighted by Gasteiger charge is -2.16. The highest BCUT2D eigenvalue weighted by molar-refractivity contribution is 9.09. The monoisotopic (exact) mass is 269 g/mol. The molecule has 0 bridgehead atoms. The predicted molar refractivity (Wildman–Crippen MR) is 63.1 cm³/mol. The Bertz CT molecular complexity index is 455. The van der Waals surface area contributed by atoms with Crippen LogP contribution in [0.2, 0.25) is 0 Å². The van der Waals surface area contributed by atoms with E-state index < -0.39 is 12.2 Å². The molecule has 0 saturated carbocycles. The Hall–Kier alpha value is -0.840. The van der Waals surface area contributed by atoms with Crippen LogP contribution in [-0.4, -0.2) is 26.6 Å². The lowest BCUT2D eigenvalue weighted by atomic mass is 10.0. The number of aliphatic hydroxyl groups excluding tert-OH is 2. The molecular formula is C11H12BrNO2. The highest BCUT2D eigenvalue weighted by Crippen LogP contribution is 2.26. The van der Waals surface area contributed by atoms with Crippen LogP contribution in [-0.2, 0) is 0 Å². The predicted octanol–water partition coefficient (Wildman–Crippen LogP) is 1.96. The summed E-state index contributed by atoms with van der Waals surface area (Å²) in [5.41, 5.74) is 1.72. The highest BCUT2D eigenvalue weighted by atomic mass is 79.9. The molecule has 0 amide bonds. The van der Waals surface area contributed by atoms with Gasteiger partial charge in [-0.2, -0.15) is 0 Å². The van der Waals surface area contributed by atoms with Crippen LogP contribution in [0, 0.1) is 0 Å². The Morgan fingerprint density at radius 3 is 2.80 bits per heavy atom. The summed E-state index contributed by atoms with van der Waals surface area (Å²) in [5, 5.41) is 20.8. The number of H-pyrrole nitrogens is 1. The summed E-state index contributed by atoms with van der Waals surface area (Å²) in [6, 6.07) is 7.52. The Morgan fingerprint density at radius 1 is 1.27 bits per heavy atom. The van der Waals surface area contributed by atoms with Crippen LogP contribution in [0.4, 0.5) is 0 Å². The zero-order chi connectivity index (χ0) is 10.8. The van der Waals surface area contributed by atoms with Gasteiger partial charge in [0.25, 0.3) is 0 Å². The summed E-state index contributed by atoms with van der Waals surface area (Å²) in [6.45, 7) is 0. The van der Waals surface area contributed by atoms with Gasteiger partial charge < -0.3 is 15.2 Å².